The molecule has 0 amide bonds. The van der Waals surface area contributed by atoms with Gasteiger partial charge in [0.1, 0.15) is 17.4 Å². The Morgan fingerprint density at radius 1 is 1.26 bits per heavy atom. The van der Waals surface area contributed by atoms with Gasteiger partial charge in [-0.25, -0.2) is 4.98 Å². The van der Waals surface area contributed by atoms with Gasteiger partial charge in [-0.05, 0) is 42.2 Å². The van der Waals surface area contributed by atoms with Crippen molar-refractivity contribution >= 4 is 0 Å². The van der Waals surface area contributed by atoms with Gasteiger partial charge in [-0.1, -0.05) is 26.0 Å². The second-order valence-electron chi connectivity index (χ2n) is 4.77. The van der Waals surface area contributed by atoms with Gasteiger partial charge < -0.3 is 4.74 Å². The van der Waals surface area contributed by atoms with Gasteiger partial charge in [0.15, 0.2) is 0 Å². The van der Waals surface area contributed by atoms with E-state index < -0.39 is 0 Å². The number of hydrogen-bond donors (Lipinski definition) is 0. The largest absolute Gasteiger partial charge is 0.437 e. The van der Waals surface area contributed by atoms with Crippen LogP contribution in [0, 0.1) is 18.3 Å². The summed E-state index contributed by atoms with van der Waals surface area (Å²) in [6.07, 6.45) is 1.63. The number of pyridine rings is 1. The Hall–Kier alpha value is -2.34. The first-order valence-corrected chi connectivity index (χ1v) is 6.25. The molecule has 1 heterocycles. The van der Waals surface area contributed by atoms with Gasteiger partial charge in [0.25, 0.3) is 0 Å². The van der Waals surface area contributed by atoms with Crippen LogP contribution in [0.3, 0.4) is 0 Å². The molecule has 0 aliphatic rings. The van der Waals surface area contributed by atoms with Crippen LogP contribution in [0.25, 0.3) is 0 Å². The molecule has 3 heteroatoms. The van der Waals surface area contributed by atoms with E-state index in [-0.39, 0.29) is 0 Å². The van der Waals surface area contributed by atoms with Crippen LogP contribution in [0.1, 0.15) is 36.5 Å². The van der Waals surface area contributed by atoms with Gasteiger partial charge in [0.2, 0.25) is 5.88 Å². The Labute approximate surface area is 113 Å². The molecule has 1 aromatic carbocycles. The monoisotopic (exact) mass is 252 g/mol. The van der Waals surface area contributed by atoms with Gasteiger partial charge in [0, 0.05) is 6.20 Å². The molecule has 0 atom stereocenters. The fraction of sp³-hybridized carbons (Fsp3) is 0.250. The molecule has 19 heavy (non-hydrogen) atoms. The van der Waals surface area contributed by atoms with Crippen molar-refractivity contribution in [3.05, 3.63) is 53.2 Å². The van der Waals surface area contributed by atoms with Gasteiger partial charge >= 0.3 is 0 Å². The van der Waals surface area contributed by atoms with Crippen LogP contribution in [0.5, 0.6) is 11.6 Å². The maximum Gasteiger partial charge on any atom is 0.237 e. The van der Waals surface area contributed by atoms with Crippen molar-refractivity contribution < 1.29 is 4.74 Å². The third kappa shape index (κ3) is 2.92. The lowest BCUT2D eigenvalue weighted by Gasteiger charge is -2.14. The summed E-state index contributed by atoms with van der Waals surface area (Å²) in [6.45, 7) is 6.24. The van der Waals surface area contributed by atoms with Gasteiger partial charge in [-0.2, -0.15) is 5.26 Å². The molecular weight excluding hydrogens is 236 g/mol. The maximum absolute atomic E-state index is 9.06. The first kappa shape index (κ1) is 13.1. The highest BCUT2D eigenvalue weighted by Crippen LogP contribution is 2.31. The highest BCUT2D eigenvalue weighted by atomic mass is 16.5. The highest BCUT2D eigenvalue weighted by molar-refractivity contribution is 5.44. The van der Waals surface area contributed by atoms with Gasteiger partial charge in [0.05, 0.1) is 0 Å². The molecule has 96 valence electrons. The zero-order valence-electron chi connectivity index (χ0n) is 11.3. The van der Waals surface area contributed by atoms with E-state index in [4.69, 9.17) is 10.00 Å². The van der Waals surface area contributed by atoms with E-state index in [0.29, 0.717) is 17.4 Å². The molecule has 0 spiro atoms. The van der Waals surface area contributed by atoms with Crippen LogP contribution in [-0.2, 0) is 0 Å². The SMILES string of the molecule is Cc1ccc(C(C)C)c(Oc2ncccc2C#N)c1. The molecule has 0 fully saturated rings. The van der Waals surface area contributed by atoms with Gasteiger partial charge in [-0.15, -0.1) is 0 Å². The number of rotatable bonds is 3. The van der Waals surface area contributed by atoms with Crippen LogP contribution in [0.15, 0.2) is 36.5 Å². The molecule has 2 rings (SSSR count). The minimum atomic E-state index is 0.352. The smallest absolute Gasteiger partial charge is 0.237 e. The number of aryl methyl sites for hydroxylation is 1. The molecule has 0 unspecified atom stereocenters. The predicted octanol–water partition coefficient (Wildman–Crippen LogP) is 4.18. The molecule has 0 aliphatic carbocycles. The minimum absolute atomic E-state index is 0.352. The third-order valence-corrected chi connectivity index (χ3v) is 2.89. The second-order valence-corrected chi connectivity index (χ2v) is 4.77. The van der Waals surface area contributed by atoms with Crippen molar-refractivity contribution in [2.24, 2.45) is 0 Å². The fourth-order valence-electron chi connectivity index (χ4n) is 1.87. The number of nitriles is 1. The zero-order valence-corrected chi connectivity index (χ0v) is 11.3. The van der Waals surface area contributed by atoms with E-state index in [0.717, 1.165) is 16.9 Å². The van der Waals surface area contributed by atoms with Crippen molar-refractivity contribution in [3.8, 4) is 17.7 Å². The fourth-order valence-corrected chi connectivity index (χ4v) is 1.87. The topological polar surface area (TPSA) is 45.9 Å². The quantitative estimate of drug-likeness (QED) is 0.823. The summed E-state index contributed by atoms with van der Waals surface area (Å²) in [5.74, 6) is 1.48. The Bertz CT molecular complexity index is 627. The Morgan fingerprint density at radius 2 is 2.05 bits per heavy atom. The van der Waals surface area contributed by atoms with Crippen molar-refractivity contribution in [1.29, 1.82) is 5.26 Å². The number of ether oxygens (including phenoxy) is 1. The zero-order chi connectivity index (χ0) is 13.8. The van der Waals surface area contributed by atoms with E-state index in [9.17, 15) is 0 Å². The molecule has 0 saturated heterocycles. The molecule has 0 radical (unpaired) electrons. The summed E-state index contributed by atoms with van der Waals surface area (Å²) in [7, 11) is 0. The molecule has 2 aromatic rings. The minimum Gasteiger partial charge on any atom is -0.437 e. The summed E-state index contributed by atoms with van der Waals surface area (Å²) in [5, 5.41) is 9.06. The average molecular weight is 252 g/mol. The Balaban J connectivity index is 2.43. The Kier molecular flexibility index (Phi) is 3.82. The summed E-state index contributed by atoms with van der Waals surface area (Å²) in [6, 6.07) is 11.6. The number of aromatic nitrogens is 1. The molecule has 0 aliphatic heterocycles. The van der Waals surface area contributed by atoms with Crippen molar-refractivity contribution in [3.63, 3.8) is 0 Å². The van der Waals surface area contributed by atoms with Crippen LogP contribution in [0.2, 0.25) is 0 Å². The lowest BCUT2D eigenvalue weighted by molar-refractivity contribution is 0.452. The van der Waals surface area contributed by atoms with Crippen molar-refractivity contribution in [1.82, 2.24) is 4.98 Å². The summed E-state index contributed by atoms with van der Waals surface area (Å²) in [4.78, 5) is 4.13. The lowest BCUT2D eigenvalue weighted by atomic mass is 10.0. The van der Waals surface area contributed by atoms with Gasteiger partial charge in [-0.3, -0.25) is 0 Å². The lowest BCUT2D eigenvalue weighted by Crippen LogP contribution is -1.97. The molecule has 0 saturated carbocycles. The van der Waals surface area contributed by atoms with Crippen molar-refractivity contribution in [2.45, 2.75) is 26.7 Å². The highest BCUT2D eigenvalue weighted by Gasteiger charge is 2.11. The molecule has 3 nitrogen and oxygen atoms in total. The average Bonchev–Trinajstić information content (AvgIpc) is 2.39. The number of benzene rings is 1. The summed E-state index contributed by atoms with van der Waals surface area (Å²) in [5.41, 5.74) is 2.67. The molecule has 1 aromatic heterocycles. The third-order valence-electron chi connectivity index (χ3n) is 2.89. The maximum atomic E-state index is 9.06. The van der Waals surface area contributed by atoms with Crippen molar-refractivity contribution in [2.75, 3.05) is 0 Å². The first-order chi connectivity index (χ1) is 9.11. The van der Waals surface area contributed by atoms with E-state index in [2.05, 4.69) is 37.0 Å². The summed E-state index contributed by atoms with van der Waals surface area (Å²) < 4.78 is 5.84. The standard InChI is InChI=1S/C16H16N2O/c1-11(2)14-7-6-12(3)9-15(14)19-16-13(10-17)5-4-8-18-16/h4-9,11H,1-3H3. The number of nitrogens with zero attached hydrogens (tertiary/aromatic N) is 2. The van der Waals surface area contributed by atoms with E-state index in [1.807, 2.05) is 13.0 Å². The predicted molar refractivity (Wildman–Crippen MR) is 74.3 cm³/mol. The van der Waals surface area contributed by atoms with E-state index >= 15 is 0 Å². The summed E-state index contributed by atoms with van der Waals surface area (Å²) >= 11 is 0. The first-order valence-electron chi connectivity index (χ1n) is 6.25. The molecule has 0 N–H and O–H groups in total. The Morgan fingerprint density at radius 3 is 2.74 bits per heavy atom. The molecule has 0 bridgehead atoms. The van der Waals surface area contributed by atoms with Crippen LogP contribution >= 0.6 is 0 Å². The normalized spacial score (nSPS) is 10.3. The van der Waals surface area contributed by atoms with E-state index in [1.54, 1.807) is 18.3 Å². The van der Waals surface area contributed by atoms with Crippen LogP contribution in [0.4, 0.5) is 0 Å². The number of hydrogen-bond acceptors (Lipinski definition) is 3. The second kappa shape index (κ2) is 5.53. The van der Waals surface area contributed by atoms with Crippen LogP contribution in [-0.4, -0.2) is 4.98 Å². The molecular formula is C16H16N2O. The van der Waals surface area contributed by atoms with E-state index in [1.165, 1.54) is 0 Å². The van der Waals surface area contributed by atoms with Crippen LogP contribution < -0.4 is 4.74 Å².